The first-order chi connectivity index (χ1) is 11.5. The van der Waals surface area contributed by atoms with Gasteiger partial charge in [0.05, 0.1) is 17.2 Å². The van der Waals surface area contributed by atoms with E-state index in [1.54, 1.807) is 18.2 Å². The summed E-state index contributed by atoms with van der Waals surface area (Å²) >= 11 is 0. The SMILES string of the molecule is CS(=O)(=O)N(c1ccc([N+](=O)[O-])cc1Oc1ccccc1)S(=O)(=O)[O-].[K+]. The fourth-order valence-electron chi connectivity index (χ4n) is 1.93. The van der Waals surface area contributed by atoms with Gasteiger partial charge in [-0.25, -0.2) is 16.8 Å². The first-order valence-corrected chi connectivity index (χ1v) is 9.69. The van der Waals surface area contributed by atoms with Crippen LogP contribution in [0.1, 0.15) is 0 Å². The molecule has 2 rings (SSSR count). The number of non-ortho nitro benzene ring substituents is 1. The summed E-state index contributed by atoms with van der Waals surface area (Å²) in [5.74, 6) is -0.328. The van der Waals surface area contributed by atoms with Gasteiger partial charge in [0, 0.05) is 6.07 Å². The molecule has 0 heterocycles. The predicted octanol–water partition coefficient (Wildman–Crippen LogP) is -1.38. The molecular weight excluding hydrogens is 415 g/mol. The van der Waals surface area contributed by atoms with Crippen LogP contribution in [-0.2, 0) is 20.3 Å². The van der Waals surface area contributed by atoms with Gasteiger partial charge in [-0.2, -0.15) is 3.71 Å². The number of para-hydroxylation sites is 1. The van der Waals surface area contributed by atoms with Crippen molar-refractivity contribution in [2.75, 3.05) is 9.97 Å². The van der Waals surface area contributed by atoms with E-state index in [-0.39, 0.29) is 60.8 Å². The Hall–Kier alpha value is -1.06. The van der Waals surface area contributed by atoms with Gasteiger partial charge in [0.1, 0.15) is 11.4 Å². The van der Waals surface area contributed by atoms with E-state index in [2.05, 4.69) is 0 Å². The molecule has 0 saturated heterocycles. The average molecular weight is 426 g/mol. The Morgan fingerprint density at radius 2 is 1.62 bits per heavy atom. The zero-order chi connectivity index (χ0) is 18.8. The van der Waals surface area contributed by atoms with E-state index >= 15 is 0 Å². The molecule has 2 aromatic carbocycles. The van der Waals surface area contributed by atoms with Gasteiger partial charge in [0.2, 0.25) is 10.0 Å². The minimum Gasteiger partial charge on any atom is -0.730 e. The summed E-state index contributed by atoms with van der Waals surface area (Å²) in [7, 11) is -10.0. The van der Waals surface area contributed by atoms with Crippen molar-refractivity contribution < 1.29 is 82.4 Å². The minimum absolute atomic E-state index is 0. The summed E-state index contributed by atoms with van der Waals surface area (Å²) < 4.78 is 62.7. The van der Waals surface area contributed by atoms with Crippen molar-refractivity contribution in [3.63, 3.8) is 0 Å². The Morgan fingerprint density at radius 1 is 1.04 bits per heavy atom. The standard InChI is InChI=1S/C13H12N2O8S2.K/c1-24(18,19)15(25(20,21)22)12-8-7-10(14(16)17)9-13(12)23-11-5-3-2-4-6-11;/h2-9H,1H3,(H,20,21,22);/q;+1/p-1. The molecule has 0 aliphatic carbocycles. The van der Waals surface area contributed by atoms with Gasteiger partial charge < -0.3 is 9.29 Å². The second kappa shape index (κ2) is 8.75. The number of hydrogen-bond acceptors (Lipinski definition) is 8. The topological polar surface area (TPSA) is 147 Å². The largest absolute Gasteiger partial charge is 1.00 e. The Morgan fingerprint density at radius 3 is 2.08 bits per heavy atom. The normalized spacial score (nSPS) is 11.3. The molecule has 26 heavy (non-hydrogen) atoms. The van der Waals surface area contributed by atoms with Crippen molar-refractivity contribution in [3.8, 4) is 11.5 Å². The number of rotatable bonds is 6. The maximum Gasteiger partial charge on any atom is 1.00 e. The van der Waals surface area contributed by atoms with E-state index in [0.717, 1.165) is 18.2 Å². The molecule has 0 bridgehead atoms. The maximum absolute atomic E-state index is 11.8. The number of ether oxygens (including phenoxy) is 1. The van der Waals surface area contributed by atoms with Crippen LogP contribution in [0.15, 0.2) is 48.5 Å². The van der Waals surface area contributed by atoms with Crippen molar-refractivity contribution in [2.24, 2.45) is 0 Å². The third-order valence-electron chi connectivity index (χ3n) is 2.83. The molecule has 0 fully saturated rings. The zero-order valence-electron chi connectivity index (χ0n) is 13.6. The van der Waals surface area contributed by atoms with E-state index in [4.69, 9.17) is 4.74 Å². The Labute approximate surface area is 192 Å². The van der Waals surface area contributed by atoms with E-state index < -0.39 is 42.4 Å². The van der Waals surface area contributed by atoms with Gasteiger partial charge >= 0.3 is 51.4 Å². The first kappa shape index (κ1) is 23.0. The first-order valence-electron chi connectivity index (χ1n) is 6.48. The Bertz CT molecular complexity index is 978. The second-order valence-electron chi connectivity index (χ2n) is 4.74. The van der Waals surface area contributed by atoms with Gasteiger partial charge in [-0.05, 0) is 18.2 Å². The van der Waals surface area contributed by atoms with Gasteiger partial charge in [-0.1, -0.05) is 18.2 Å². The summed E-state index contributed by atoms with van der Waals surface area (Å²) in [6, 6.07) is 10.2. The molecule has 0 aliphatic rings. The van der Waals surface area contributed by atoms with Crippen LogP contribution in [0, 0.1) is 10.1 Å². The van der Waals surface area contributed by atoms with Crippen LogP contribution in [0.5, 0.6) is 11.5 Å². The Kier molecular flexibility index (Phi) is 7.73. The van der Waals surface area contributed by atoms with Crippen LogP contribution >= 0.6 is 0 Å². The molecule has 0 saturated carbocycles. The van der Waals surface area contributed by atoms with Gasteiger partial charge in [-0.3, -0.25) is 10.1 Å². The van der Waals surface area contributed by atoms with E-state index in [0.29, 0.717) is 6.26 Å². The number of anilines is 1. The van der Waals surface area contributed by atoms with Crippen molar-refractivity contribution in [1.82, 2.24) is 0 Å². The molecule has 0 N–H and O–H groups in total. The fourth-order valence-corrected chi connectivity index (χ4v) is 4.16. The summed E-state index contributed by atoms with van der Waals surface area (Å²) in [6.07, 6.45) is 0.510. The molecular formula is C13H11KN2O8S2. The number of sulfonamides is 1. The van der Waals surface area contributed by atoms with Crippen LogP contribution in [0.2, 0.25) is 0 Å². The summed E-state index contributed by atoms with van der Waals surface area (Å²) in [4.78, 5) is 10.1. The van der Waals surface area contributed by atoms with E-state index in [9.17, 15) is 31.5 Å². The molecule has 0 radical (unpaired) electrons. The maximum atomic E-state index is 11.8. The molecule has 0 aromatic heterocycles. The number of hydrogen-bond donors (Lipinski definition) is 0. The molecule has 10 nitrogen and oxygen atoms in total. The second-order valence-corrected chi connectivity index (χ2v) is 8.03. The van der Waals surface area contributed by atoms with Crippen LogP contribution < -0.4 is 59.8 Å². The minimum atomic E-state index is -5.48. The third kappa shape index (κ3) is 5.72. The van der Waals surface area contributed by atoms with Gasteiger partial charge in [0.25, 0.3) is 5.69 Å². The number of nitro groups is 1. The van der Waals surface area contributed by atoms with Gasteiger partial charge in [0.15, 0.2) is 16.1 Å². The fraction of sp³-hybridized carbons (Fsp3) is 0.0769. The van der Waals surface area contributed by atoms with Gasteiger partial charge in [-0.15, -0.1) is 0 Å². The van der Waals surface area contributed by atoms with Crippen molar-refractivity contribution >= 4 is 31.7 Å². The number of nitrogens with zero attached hydrogens (tertiary/aromatic N) is 2. The van der Waals surface area contributed by atoms with Crippen molar-refractivity contribution in [3.05, 3.63) is 58.6 Å². The molecule has 0 amide bonds. The molecule has 0 aliphatic heterocycles. The molecule has 0 spiro atoms. The van der Waals surface area contributed by atoms with Crippen molar-refractivity contribution in [2.45, 2.75) is 0 Å². The molecule has 0 unspecified atom stereocenters. The summed E-state index contributed by atoms with van der Waals surface area (Å²) in [5, 5.41) is 10.9. The van der Waals surface area contributed by atoms with Crippen LogP contribution in [0.3, 0.4) is 0 Å². The van der Waals surface area contributed by atoms with Crippen LogP contribution in [0.4, 0.5) is 11.4 Å². The number of nitro benzene ring substituents is 1. The Balaban J connectivity index is 0.00000338. The summed E-state index contributed by atoms with van der Waals surface area (Å²) in [6.45, 7) is 0. The average Bonchev–Trinajstić information content (AvgIpc) is 2.47. The quantitative estimate of drug-likeness (QED) is 0.238. The molecule has 2 aromatic rings. The van der Waals surface area contributed by atoms with E-state index in [1.807, 2.05) is 0 Å². The van der Waals surface area contributed by atoms with E-state index in [1.165, 1.54) is 12.1 Å². The zero-order valence-corrected chi connectivity index (χ0v) is 18.4. The molecule has 134 valence electrons. The monoisotopic (exact) mass is 426 g/mol. The summed E-state index contributed by atoms with van der Waals surface area (Å²) in [5.41, 5.74) is -1.14. The van der Waals surface area contributed by atoms with Crippen LogP contribution in [-0.4, -0.2) is 32.6 Å². The van der Waals surface area contributed by atoms with Crippen molar-refractivity contribution in [1.29, 1.82) is 0 Å². The number of benzene rings is 2. The molecule has 13 heteroatoms. The predicted molar refractivity (Wildman–Crippen MR) is 86.6 cm³/mol. The third-order valence-corrected chi connectivity index (χ3v) is 5.59. The molecule has 0 atom stereocenters. The van der Waals surface area contributed by atoms with Crippen LogP contribution in [0.25, 0.3) is 0 Å². The smallest absolute Gasteiger partial charge is 0.730 e.